The average molecular weight is 381 g/mol. The molecule has 0 spiro atoms. The van der Waals surface area contributed by atoms with E-state index < -0.39 is 0 Å². The first-order chi connectivity index (χ1) is 8.86. The Morgan fingerprint density at radius 1 is 1.53 bits per heavy atom. The lowest BCUT2D eigenvalue weighted by Gasteiger charge is -2.11. The number of ether oxygens (including phenoxy) is 2. The van der Waals surface area contributed by atoms with Crippen molar-refractivity contribution in [2.24, 2.45) is 4.99 Å². The molecule has 0 saturated carbocycles. The van der Waals surface area contributed by atoms with Gasteiger partial charge in [0.05, 0.1) is 19.3 Å². The van der Waals surface area contributed by atoms with Crippen molar-refractivity contribution in [2.45, 2.75) is 25.4 Å². The summed E-state index contributed by atoms with van der Waals surface area (Å²) in [4.78, 5) is 4.04. The molecule has 1 heterocycles. The molecule has 1 rings (SSSR count). The van der Waals surface area contributed by atoms with Crippen LogP contribution >= 0.6 is 24.0 Å². The smallest absolute Gasteiger partial charge is 0.191 e. The van der Waals surface area contributed by atoms with Gasteiger partial charge in [-0.3, -0.25) is 4.99 Å². The van der Waals surface area contributed by atoms with Crippen molar-refractivity contribution in [3.05, 3.63) is 0 Å². The normalized spacial score (nSPS) is 18.5. The van der Waals surface area contributed by atoms with Gasteiger partial charge in [-0.05, 0) is 19.3 Å². The van der Waals surface area contributed by atoms with Gasteiger partial charge in [0.15, 0.2) is 5.96 Å². The molecular weight excluding hydrogens is 357 g/mol. The number of hydrogen-bond donors (Lipinski definition) is 2. The van der Waals surface area contributed by atoms with Crippen molar-refractivity contribution >= 4 is 29.9 Å². The summed E-state index contributed by atoms with van der Waals surface area (Å²) >= 11 is 0. The van der Waals surface area contributed by atoms with E-state index in [9.17, 15) is 0 Å². The molecule has 0 radical (unpaired) electrons. The van der Waals surface area contributed by atoms with Gasteiger partial charge in [-0.25, -0.2) is 0 Å². The molecule has 1 atom stereocenters. The van der Waals surface area contributed by atoms with E-state index in [0.29, 0.717) is 19.3 Å². The van der Waals surface area contributed by atoms with E-state index in [1.54, 1.807) is 7.05 Å². The second-order valence-corrected chi connectivity index (χ2v) is 4.12. The van der Waals surface area contributed by atoms with Gasteiger partial charge < -0.3 is 20.1 Å². The molecule has 1 aliphatic heterocycles. The molecule has 19 heavy (non-hydrogen) atoms. The summed E-state index contributed by atoms with van der Waals surface area (Å²) in [5, 5.41) is 6.16. The maximum absolute atomic E-state index is 5.56. The number of halogens is 1. The third-order valence-electron chi connectivity index (χ3n) is 2.67. The minimum absolute atomic E-state index is 0. The molecule has 1 fully saturated rings. The average Bonchev–Trinajstić information content (AvgIpc) is 2.90. The molecular formula is C13H24IN3O2. The van der Waals surface area contributed by atoms with Crippen LogP contribution in [0.3, 0.4) is 0 Å². The zero-order valence-corrected chi connectivity index (χ0v) is 13.8. The summed E-state index contributed by atoms with van der Waals surface area (Å²) in [6, 6.07) is 0. The van der Waals surface area contributed by atoms with Gasteiger partial charge in [0.1, 0.15) is 0 Å². The monoisotopic (exact) mass is 381 g/mol. The van der Waals surface area contributed by atoms with Crippen LogP contribution in [0.15, 0.2) is 4.99 Å². The van der Waals surface area contributed by atoms with E-state index in [-0.39, 0.29) is 24.0 Å². The zero-order valence-electron chi connectivity index (χ0n) is 11.5. The first-order valence-corrected chi connectivity index (χ1v) is 6.44. The highest BCUT2D eigenvalue weighted by Crippen LogP contribution is 2.11. The lowest BCUT2D eigenvalue weighted by Crippen LogP contribution is -2.38. The second kappa shape index (κ2) is 12.5. The van der Waals surface area contributed by atoms with E-state index in [4.69, 9.17) is 15.9 Å². The van der Waals surface area contributed by atoms with Crippen molar-refractivity contribution in [3.8, 4) is 12.3 Å². The summed E-state index contributed by atoms with van der Waals surface area (Å²) in [5.74, 6) is 3.23. The Kier molecular flexibility index (Phi) is 12.2. The van der Waals surface area contributed by atoms with Crippen molar-refractivity contribution in [3.63, 3.8) is 0 Å². The molecule has 0 aromatic heterocycles. The quantitative estimate of drug-likeness (QED) is 0.227. The number of guanidine groups is 1. The zero-order chi connectivity index (χ0) is 13.1. The third-order valence-corrected chi connectivity index (χ3v) is 2.67. The minimum atomic E-state index is 0. The summed E-state index contributed by atoms with van der Waals surface area (Å²) in [7, 11) is 1.72. The minimum Gasteiger partial charge on any atom is -0.379 e. The summed E-state index contributed by atoms with van der Waals surface area (Å²) in [6.45, 7) is 3.63. The molecule has 1 unspecified atom stereocenters. The molecule has 0 aromatic rings. The third kappa shape index (κ3) is 9.08. The standard InChI is InChI=1S/C13H23N3O2.HI/c1-3-7-15-13(14-2)16-8-5-9-17-11-12-6-4-10-18-12;/h1,12H,4-11H2,2H3,(H2,14,15,16);1H. The highest BCUT2D eigenvalue weighted by atomic mass is 127. The fourth-order valence-corrected chi connectivity index (χ4v) is 1.73. The van der Waals surface area contributed by atoms with Crippen LogP contribution in [-0.2, 0) is 9.47 Å². The fraction of sp³-hybridized carbons (Fsp3) is 0.769. The Hall–Kier alpha value is -0.520. The van der Waals surface area contributed by atoms with Crippen LogP contribution in [0.5, 0.6) is 0 Å². The highest BCUT2D eigenvalue weighted by molar-refractivity contribution is 14.0. The number of nitrogens with one attached hydrogen (secondary N) is 2. The molecule has 2 N–H and O–H groups in total. The Bertz CT molecular complexity index is 286. The van der Waals surface area contributed by atoms with Gasteiger partial charge in [0, 0.05) is 26.8 Å². The molecule has 5 nitrogen and oxygen atoms in total. The van der Waals surface area contributed by atoms with Gasteiger partial charge >= 0.3 is 0 Å². The van der Waals surface area contributed by atoms with E-state index in [1.807, 2.05) is 0 Å². The lowest BCUT2D eigenvalue weighted by atomic mass is 10.2. The maximum Gasteiger partial charge on any atom is 0.191 e. The van der Waals surface area contributed by atoms with Crippen LogP contribution in [0, 0.1) is 12.3 Å². The number of terminal acetylenes is 1. The fourth-order valence-electron chi connectivity index (χ4n) is 1.73. The van der Waals surface area contributed by atoms with E-state index >= 15 is 0 Å². The molecule has 1 saturated heterocycles. The van der Waals surface area contributed by atoms with Crippen molar-refractivity contribution in [1.82, 2.24) is 10.6 Å². The van der Waals surface area contributed by atoms with Crippen molar-refractivity contribution in [1.29, 1.82) is 0 Å². The number of rotatable bonds is 7. The van der Waals surface area contributed by atoms with Gasteiger partial charge in [-0.1, -0.05) is 5.92 Å². The topological polar surface area (TPSA) is 54.9 Å². The van der Waals surface area contributed by atoms with Gasteiger partial charge in [-0.15, -0.1) is 30.4 Å². The lowest BCUT2D eigenvalue weighted by molar-refractivity contribution is 0.0168. The maximum atomic E-state index is 5.56. The van der Waals surface area contributed by atoms with Crippen molar-refractivity contribution < 1.29 is 9.47 Å². The molecule has 1 aliphatic rings. The molecule has 0 aromatic carbocycles. The van der Waals surface area contributed by atoms with Crippen molar-refractivity contribution in [2.75, 3.05) is 40.0 Å². The van der Waals surface area contributed by atoms with Crippen LogP contribution < -0.4 is 10.6 Å². The molecule has 0 amide bonds. The summed E-state index contributed by atoms with van der Waals surface area (Å²) in [5.41, 5.74) is 0. The molecule has 6 heteroatoms. The molecule has 0 bridgehead atoms. The van der Waals surface area contributed by atoms with Gasteiger partial charge in [-0.2, -0.15) is 0 Å². The number of hydrogen-bond acceptors (Lipinski definition) is 3. The van der Waals surface area contributed by atoms with Crippen LogP contribution in [0.2, 0.25) is 0 Å². The Morgan fingerprint density at radius 3 is 3.00 bits per heavy atom. The van der Waals surface area contributed by atoms with E-state index in [2.05, 4.69) is 21.5 Å². The first kappa shape index (κ1) is 18.5. The molecule has 110 valence electrons. The summed E-state index contributed by atoms with van der Waals surface area (Å²) in [6.07, 6.45) is 8.69. The Morgan fingerprint density at radius 2 is 2.37 bits per heavy atom. The van der Waals surface area contributed by atoms with Gasteiger partial charge in [0.2, 0.25) is 0 Å². The van der Waals surface area contributed by atoms with E-state index in [1.165, 1.54) is 0 Å². The molecule has 0 aliphatic carbocycles. The Balaban J connectivity index is 0.00000324. The second-order valence-electron chi connectivity index (χ2n) is 4.12. The number of aliphatic imine (C=N–C) groups is 1. The van der Waals surface area contributed by atoms with E-state index in [0.717, 1.165) is 45.0 Å². The predicted octanol–water partition coefficient (Wildman–Crippen LogP) is 0.988. The Labute approximate surface area is 132 Å². The number of nitrogens with zero attached hydrogens (tertiary/aromatic N) is 1. The largest absolute Gasteiger partial charge is 0.379 e. The SMILES string of the molecule is C#CCNC(=NC)NCCCOCC1CCCO1.I. The van der Waals surface area contributed by atoms with Crippen LogP contribution in [0.4, 0.5) is 0 Å². The van der Waals surface area contributed by atoms with Crippen LogP contribution in [-0.4, -0.2) is 52.0 Å². The predicted molar refractivity (Wildman–Crippen MR) is 88.0 cm³/mol. The van der Waals surface area contributed by atoms with Crippen LogP contribution in [0.1, 0.15) is 19.3 Å². The first-order valence-electron chi connectivity index (χ1n) is 6.44. The highest BCUT2D eigenvalue weighted by Gasteiger charge is 2.14. The van der Waals surface area contributed by atoms with Gasteiger partial charge in [0.25, 0.3) is 0 Å². The van der Waals surface area contributed by atoms with Crippen LogP contribution in [0.25, 0.3) is 0 Å². The summed E-state index contributed by atoms with van der Waals surface area (Å²) < 4.78 is 11.0.